The first-order valence-electron chi connectivity index (χ1n) is 10.7. The molecule has 2 amide bonds. The predicted molar refractivity (Wildman–Crippen MR) is 115 cm³/mol. The molecular formula is C24H28FN3O2. The molecular weight excluding hydrogens is 381 g/mol. The number of benzene rings is 2. The standard InChI is InChI=1S/C24H28FN3O2/c25-21-6-8-22(9-7-21)26-14-16-28(17-15-26)24(30)23(29)27-12-10-20(11-13-27)18-19-4-2-1-3-5-19/h1-9,20H,10-18H2. The molecule has 0 atom stereocenters. The van der Waals surface area contributed by atoms with Gasteiger partial charge in [0.1, 0.15) is 5.82 Å². The van der Waals surface area contributed by atoms with Gasteiger partial charge in [0.15, 0.2) is 0 Å². The lowest BCUT2D eigenvalue weighted by Crippen LogP contribution is -2.54. The van der Waals surface area contributed by atoms with E-state index in [9.17, 15) is 14.0 Å². The SMILES string of the molecule is O=C(C(=O)N1CCN(c2ccc(F)cc2)CC1)N1CCC(Cc2ccccc2)CC1. The lowest BCUT2D eigenvalue weighted by atomic mass is 9.90. The molecule has 0 bridgehead atoms. The third-order valence-electron chi connectivity index (χ3n) is 6.21. The van der Waals surface area contributed by atoms with Crippen LogP contribution in [0.1, 0.15) is 18.4 Å². The van der Waals surface area contributed by atoms with E-state index in [1.54, 1.807) is 21.9 Å². The van der Waals surface area contributed by atoms with Crippen molar-refractivity contribution in [3.05, 3.63) is 66.0 Å². The Morgan fingerprint density at radius 2 is 1.33 bits per heavy atom. The maximum absolute atomic E-state index is 13.1. The highest BCUT2D eigenvalue weighted by molar-refractivity contribution is 6.34. The molecule has 2 saturated heterocycles. The fourth-order valence-corrected chi connectivity index (χ4v) is 4.38. The molecule has 2 aliphatic heterocycles. The summed E-state index contributed by atoms with van der Waals surface area (Å²) in [5.74, 6) is -0.463. The van der Waals surface area contributed by atoms with E-state index in [0.29, 0.717) is 45.2 Å². The number of piperidine rings is 1. The van der Waals surface area contributed by atoms with Crippen molar-refractivity contribution in [3.8, 4) is 0 Å². The van der Waals surface area contributed by atoms with E-state index in [2.05, 4.69) is 29.2 Å². The number of nitrogens with zero attached hydrogens (tertiary/aromatic N) is 3. The number of anilines is 1. The number of rotatable bonds is 3. The van der Waals surface area contributed by atoms with Crippen LogP contribution in [0, 0.1) is 11.7 Å². The Balaban J connectivity index is 1.24. The number of piperazine rings is 1. The van der Waals surface area contributed by atoms with E-state index >= 15 is 0 Å². The minimum Gasteiger partial charge on any atom is -0.368 e. The largest absolute Gasteiger partial charge is 0.368 e. The molecule has 0 radical (unpaired) electrons. The highest BCUT2D eigenvalue weighted by atomic mass is 19.1. The van der Waals surface area contributed by atoms with Gasteiger partial charge in [-0.3, -0.25) is 9.59 Å². The van der Waals surface area contributed by atoms with Gasteiger partial charge >= 0.3 is 11.8 Å². The van der Waals surface area contributed by atoms with Gasteiger partial charge in [0.05, 0.1) is 0 Å². The molecule has 2 aromatic rings. The van der Waals surface area contributed by atoms with Gasteiger partial charge in [-0.1, -0.05) is 30.3 Å². The molecule has 0 aliphatic carbocycles. The summed E-state index contributed by atoms with van der Waals surface area (Å²) in [5.41, 5.74) is 2.27. The van der Waals surface area contributed by atoms with Crippen molar-refractivity contribution in [1.29, 1.82) is 0 Å². The topological polar surface area (TPSA) is 43.9 Å². The second kappa shape index (κ2) is 9.28. The Hall–Kier alpha value is -2.89. The number of carbonyl (C=O) groups excluding carboxylic acids is 2. The van der Waals surface area contributed by atoms with Crippen molar-refractivity contribution in [2.75, 3.05) is 44.2 Å². The first-order valence-corrected chi connectivity index (χ1v) is 10.7. The smallest absolute Gasteiger partial charge is 0.312 e. The monoisotopic (exact) mass is 409 g/mol. The van der Waals surface area contributed by atoms with E-state index in [0.717, 1.165) is 24.9 Å². The van der Waals surface area contributed by atoms with Gasteiger partial charge < -0.3 is 14.7 Å². The molecule has 5 nitrogen and oxygen atoms in total. The normalized spacial score (nSPS) is 17.8. The second-order valence-electron chi connectivity index (χ2n) is 8.18. The van der Waals surface area contributed by atoms with Crippen LogP contribution in [0.3, 0.4) is 0 Å². The maximum Gasteiger partial charge on any atom is 0.312 e. The molecule has 4 rings (SSSR count). The van der Waals surface area contributed by atoms with Crippen LogP contribution < -0.4 is 4.90 Å². The second-order valence-corrected chi connectivity index (χ2v) is 8.18. The molecule has 158 valence electrons. The molecule has 0 saturated carbocycles. The number of amides is 2. The summed E-state index contributed by atoms with van der Waals surface area (Å²) in [7, 11) is 0. The van der Waals surface area contributed by atoms with Gasteiger partial charge in [-0.15, -0.1) is 0 Å². The average Bonchev–Trinajstić information content (AvgIpc) is 2.80. The summed E-state index contributed by atoms with van der Waals surface area (Å²) in [6.07, 6.45) is 2.90. The Morgan fingerprint density at radius 3 is 1.93 bits per heavy atom. The van der Waals surface area contributed by atoms with Crippen molar-refractivity contribution < 1.29 is 14.0 Å². The summed E-state index contributed by atoms with van der Waals surface area (Å²) < 4.78 is 13.1. The predicted octanol–water partition coefficient (Wildman–Crippen LogP) is 2.96. The van der Waals surface area contributed by atoms with E-state index < -0.39 is 5.91 Å². The number of likely N-dealkylation sites (tertiary alicyclic amines) is 1. The third-order valence-corrected chi connectivity index (χ3v) is 6.21. The fourth-order valence-electron chi connectivity index (χ4n) is 4.38. The summed E-state index contributed by atoms with van der Waals surface area (Å²) in [6.45, 7) is 3.60. The van der Waals surface area contributed by atoms with Crippen LogP contribution in [0.15, 0.2) is 54.6 Å². The zero-order valence-corrected chi connectivity index (χ0v) is 17.2. The number of hydrogen-bond donors (Lipinski definition) is 0. The van der Waals surface area contributed by atoms with Crippen LogP contribution in [-0.4, -0.2) is 60.9 Å². The molecule has 0 aromatic heterocycles. The van der Waals surface area contributed by atoms with Crippen LogP contribution >= 0.6 is 0 Å². The summed E-state index contributed by atoms with van der Waals surface area (Å²) >= 11 is 0. The van der Waals surface area contributed by atoms with Gasteiger partial charge in [0.2, 0.25) is 0 Å². The Morgan fingerprint density at radius 1 is 0.767 bits per heavy atom. The molecule has 0 spiro atoms. The molecule has 0 unspecified atom stereocenters. The summed E-state index contributed by atoms with van der Waals surface area (Å²) in [5, 5.41) is 0. The van der Waals surface area contributed by atoms with Gasteiger partial charge in [0, 0.05) is 45.0 Å². The van der Waals surface area contributed by atoms with Gasteiger partial charge in [-0.2, -0.15) is 0 Å². The van der Waals surface area contributed by atoms with E-state index in [4.69, 9.17) is 0 Å². The lowest BCUT2D eigenvalue weighted by molar-refractivity contribution is -0.152. The first kappa shape index (κ1) is 20.4. The molecule has 2 aliphatic rings. The van der Waals surface area contributed by atoms with Crippen molar-refractivity contribution in [2.24, 2.45) is 5.92 Å². The fraction of sp³-hybridized carbons (Fsp3) is 0.417. The Bertz CT molecular complexity index is 856. The van der Waals surface area contributed by atoms with Crippen molar-refractivity contribution in [1.82, 2.24) is 9.80 Å². The molecule has 6 heteroatoms. The molecule has 2 fully saturated rings. The van der Waals surface area contributed by atoms with Crippen LogP contribution in [0.2, 0.25) is 0 Å². The van der Waals surface area contributed by atoms with E-state index in [-0.39, 0.29) is 11.7 Å². The van der Waals surface area contributed by atoms with Crippen molar-refractivity contribution >= 4 is 17.5 Å². The third kappa shape index (κ3) is 4.81. The molecule has 0 N–H and O–H groups in total. The molecule has 30 heavy (non-hydrogen) atoms. The first-order chi connectivity index (χ1) is 14.6. The van der Waals surface area contributed by atoms with E-state index in [1.807, 2.05) is 6.07 Å². The summed E-state index contributed by atoms with van der Waals surface area (Å²) in [6, 6.07) is 16.8. The van der Waals surface area contributed by atoms with Crippen LogP contribution in [0.4, 0.5) is 10.1 Å². The molecule has 2 aromatic carbocycles. The zero-order chi connectivity index (χ0) is 20.9. The average molecular weight is 410 g/mol. The highest BCUT2D eigenvalue weighted by Gasteiger charge is 2.31. The van der Waals surface area contributed by atoms with Gasteiger partial charge in [-0.25, -0.2) is 4.39 Å². The number of halogens is 1. The van der Waals surface area contributed by atoms with Crippen LogP contribution in [0.5, 0.6) is 0 Å². The quantitative estimate of drug-likeness (QED) is 0.732. The van der Waals surface area contributed by atoms with Crippen molar-refractivity contribution in [3.63, 3.8) is 0 Å². The zero-order valence-electron chi connectivity index (χ0n) is 17.2. The van der Waals surface area contributed by atoms with E-state index in [1.165, 1.54) is 17.7 Å². The Labute approximate surface area is 177 Å². The van der Waals surface area contributed by atoms with Crippen LogP contribution in [0.25, 0.3) is 0 Å². The minimum atomic E-state index is -0.393. The Kier molecular flexibility index (Phi) is 6.31. The maximum atomic E-state index is 13.1. The highest BCUT2D eigenvalue weighted by Crippen LogP contribution is 2.22. The van der Waals surface area contributed by atoms with Gasteiger partial charge in [0.25, 0.3) is 0 Å². The number of hydrogen-bond acceptors (Lipinski definition) is 3. The number of carbonyl (C=O) groups is 2. The van der Waals surface area contributed by atoms with Crippen molar-refractivity contribution in [2.45, 2.75) is 19.3 Å². The van der Waals surface area contributed by atoms with Crippen LogP contribution in [-0.2, 0) is 16.0 Å². The van der Waals surface area contributed by atoms with Gasteiger partial charge in [-0.05, 0) is 55.0 Å². The lowest BCUT2D eigenvalue weighted by Gasteiger charge is -2.37. The minimum absolute atomic E-state index is 0.259. The summed E-state index contributed by atoms with van der Waals surface area (Å²) in [4.78, 5) is 30.9. The molecule has 2 heterocycles.